The van der Waals surface area contributed by atoms with Crippen molar-refractivity contribution in [2.24, 2.45) is 5.92 Å². The maximum atomic E-state index is 4.62. The zero-order valence-corrected chi connectivity index (χ0v) is 14.0. The highest BCUT2D eigenvalue weighted by atomic mass is 15.3. The van der Waals surface area contributed by atoms with Crippen LogP contribution in [0.3, 0.4) is 0 Å². The summed E-state index contributed by atoms with van der Waals surface area (Å²) in [4.78, 5) is 6.49. The largest absolute Gasteiger partial charge is 0.354 e. The highest BCUT2D eigenvalue weighted by molar-refractivity contribution is 5.93. The highest BCUT2D eigenvalue weighted by Gasteiger charge is 2.20. The first kappa shape index (κ1) is 15.1. The van der Waals surface area contributed by atoms with Gasteiger partial charge in [-0.2, -0.15) is 5.10 Å². The van der Waals surface area contributed by atoms with Crippen molar-refractivity contribution in [3.8, 4) is 0 Å². The first-order chi connectivity index (χ1) is 11.8. The van der Waals surface area contributed by atoms with Crippen LogP contribution in [-0.2, 0) is 6.42 Å². The van der Waals surface area contributed by atoms with E-state index in [2.05, 4.69) is 51.3 Å². The second-order valence-electron chi connectivity index (χ2n) is 6.74. The number of hydrogen-bond acceptors (Lipinski definition) is 4. The van der Waals surface area contributed by atoms with Gasteiger partial charge in [-0.15, -0.1) is 5.10 Å². The molecule has 0 saturated carbocycles. The Morgan fingerprint density at radius 3 is 2.62 bits per heavy atom. The molecule has 1 aliphatic heterocycles. The molecular formula is C20H22N4. The van der Waals surface area contributed by atoms with Crippen LogP contribution in [0.4, 0.5) is 5.82 Å². The number of benzene rings is 1. The van der Waals surface area contributed by atoms with E-state index in [4.69, 9.17) is 0 Å². The lowest BCUT2D eigenvalue weighted by Crippen LogP contribution is -2.35. The van der Waals surface area contributed by atoms with E-state index < -0.39 is 0 Å². The van der Waals surface area contributed by atoms with Crippen LogP contribution in [-0.4, -0.2) is 28.3 Å². The molecule has 2 aromatic heterocycles. The van der Waals surface area contributed by atoms with Crippen molar-refractivity contribution in [3.63, 3.8) is 0 Å². The molecule has 0 spiro atoms. The minimum Gasteiger partial charge on any atom is -0.354 e. The second-order valence-corrected chi connectivity index (χ2v) is 6.74. The van der Waals surface area contributed by atoms with Crippen molar-refractivity contribution in [1.82, 2.24) is 15.2 Å². The maximum Gasteiger partial charge on any atom is 0.159 e. The summed E-state index contributed by atoms with van der Waals surface area (Å²) < 4.78 is 0. The summed E-state index contributed by atoms with van der Waals surface area (Å²) in [5, 5.41) is 11.6. The third-order valence-electron chi connectivity index (χ3n) is 4.82. The topological polar surface area (TPSA) is 41.9 Å². The Balaban J connectivity index is 1.74. The van der Waals surface area contributed by atoms with Gasteiger partial charge >= 0.3 is 0 Å². The summed E-state index contributed by atoms with van der Waals surface area (Å²) in [7, 11) is 0. The van der Waals surface area contributed by atoms with E-state index in [1.54, 1.807) is 0 Å². The number of piperidine rings is 1. The minimum atomic E-state index is 0.718. The van der Waals surface area contributed by atoms with Gasteiger partial charge in [0.1, 0.15) is 0 Å². The average molecular weight is 318 g/mol. The van der Waals surface area contributed by atoms with E-state index in [0.29, 0.717) is 0 Å². The molecule has 4 rings (SSSR count). The molecule has 1 aromatic carbocycles. The molecule has 1 unspecified atom stereocenters. The number of pyridine rings is 1. The zero-order chi connectivity index (χ0) is 16.4. The van der Waals surface area contributed by atoms with E-state index in [1.807, 2.05) is 24.5 Å². The van der Waals surface area contributed by atoms with Crippen molar-refractivity contribution < 1.29 is 0 Å². The first-order valence-electron chi connectivity index (χ1n) is 8.69. The van der Waals surface area contributed by atoms with E-state index in [1.165, 1.54) is 29.2 Å². The van der Waals surface area contributed by atoms with Crippen molar-refractivity contribution in [3.05, 3.63) is 60.0 Å². The van der Waals surface area contributed by atoms with Gasteiger partial charge in [0.15, 0.2) is 5.82 Å². The van der Waals surface area contributed by atoms with Gasteiger partial charge in [0.25, 0.3) is 0 Å². The predicted molar refractivity (Wildman–Crippen MR) is 97.2 cm³/mol. The highest BCUT2D eigenvalue weighted by Crippen LogP contribution is 2.29. The fraction of sp³-hybridized carbons (Fsp3) is 0.350. The molecule has 122 valence electrons. The molecule has 3 aromatic rings. The Hall–Kier alpha value is -2.49. The number of fused-ring (bicyclic) bond motifs is 1. The van der Waals surface area contributed by atoms with Crippen LogP contribution in [0.1, 0.15) is 31.0 Å². The molecule has 4 heteroatoms. The fourth-order valence-corrected chi connectivity index (χ4v) is 3.59. The van der Waals surface area contributed by atoms with E-state index in [0.717, 1.165) is 36.9 Å². The number of rotatable bonds is 3. The predicted octanol–water partition coefficient (Wildman–Crippen LogP) is 3.85. The molecule has 0 aliphatic carbocycles. The zero-order valence-electron chi connectivity index (χ0n) is 14.0. The minimum absolute atomic E-state index is 0.718. The molecule has 0 amide bonds. The number of aromatic nitrogens is 3. The van der Waals surface area contributed by atoms with Crippen LogP contribution in [0.15, 0.2) is 48.8 Å². The van der Waals surface area contributed by atoms with Gasteiger partial charge in [0.2, 0.25) is 0 Å². The lowest BCUT2D eigenvalue weighted by atomic mass is 9.99. The van der Waals surface area contributed by atoms with Crippen LogP contribution >= 0.6 is 0 Å². The summed E-state index contributed by atoms with van der Waals surface area (Å²) in [6.45, 7) is 4.47. The summed E-state index contributed by atoms with van der Waals surface area (Å²) >= 11 is 0. The number of anilines is 1. The van der Waals surface area contributed by atoms with Gasteiger partial charge < -0.3 is 4.90 Å². The lowest BCUT2D eigenvalue weighted by Gasteiger charge is -2.32. The van der Waals surface area contributed by atoms with Gasteiger partial charge in [-0.05, 0) is 36.5 Å². The summed E-state index contributed by atoms with van der Waals surface area (Å²) in [5.41, 5.74) is 2.24. The normalized spacial score (nSPS) is 18.0. The number of nitrogens with zero attached hydrogens (tertiary/aromatic N) is 4. The summed E-state index contributed by atoms with van der Waals surface area (Å²) in [6.07, 6.45) is 6.98. The molecule has 1 atom stereocenters. The van der Waals surface area contributed by atoms with Gasteiger partial charge in [0, 0.05) is 42.7 Å². The Bertz CT molecular complexity index is 831. The van der Waals surface area contributed by atoms with Crippen molar-refractivity contribution in [1.29, 1.82) is 0 Å². The quantitative estimate of drug-likeness (QED) is 0.735. The van der Waals surface area contributed by atoms with Gasteiger partial charge in [-0.3, -0.25) is 4.98 Å². The first-order valence-corrected chi connectivity index (χ1v) is 8.69. The molecule has 1 aliphatic rings. The van der Waals surface area contributed by atoms with E-state index in [9.17, 15) is 0 Å². The molecular weight excluding hydrogens is 296 g/mol. The number of hydrogen-bond donors (Lipinski definition) is 0. The lowest BCUT2D eigenvalue weighted by molar-refractivity contribution is 0.444. The smallest absolute Gasteiger partial charge is 0.159 e. The Labute approximate surface area is 142 Å². The van der Waals surface area contributed by atoms with E-state index in [-0.39, 0.29) is 0 Å². The molecule has 0 bridgehead atoms. The van der Waals surface area contributed by atoms with Gasteiger partial charge in [-0.25, -0.2) is 0 Å². The molecule has 4 nitrogen and oxygen atoms in total. The van der Waals surface area contributed by atoms with E-state index >= 15 is 0 Å². The third kappa shape index (κ3) is 2.96. The Kier molecular flexibility index (Phi) is 4.11. The summed E-state index contributed by atoms with van der Waals surface area (Å²) in [6, 6.07) is 12.6. The molecule has 0 N–H and O–H groups in total. The second kappa shape index (κ2) is 6.56. The monoisotopic (exact) mass is 318 g/mol. The molecule has 3 heterocycles. The molecule has 24 heavy (non-hydrogen) atoms. The van der Waals surface area contributed by atoms with Crippen molar-refractivity contribution in [2.75, 3.05) is 18.0 Å². The van der Waals surface area contributed by atoms with Crippen molar-refractivity contribution >= 4 is 16.6 Å². The average Bonchev–Trinajstić information content (AvgIpc) is 2.63. The maximum absolute atomic E-state index is 4.62. The molecule has 0 radical (unpaired) electrons. The SMILES string of the molecule is CC1CCCN(c2nnc(Cc3ccncc3)c3ccccc23)C1. The van der Waals surface area contributed by atoms with Crippen LogP contribution in [0, 0.1) is 5.92 Å². The Morgan fingerprint density at radius 2 is 1.83 bits per heavy atom. The fourth-order valence-electron chi connectivity index (χ4n) is 3.59. The standard InChI is InChI=1S/C20H22N4/c1-15-5-4-12-24(14-15)20-18-7-3-2-6-17(18)19(22-23-20)13-16-8-10-21-11-9-16/h2-3,6-11,15H,4-5,12-14H2,1H3. The van der Waals surface area contributed by atoms with Crippen LogP contribution in [0.5, 0.6) is 0 Å². The molecule has 1 fully saturated rings. The molecule has 1 saturated heterocycles. The van der Waals surface area contributed by atoms with Crippen LogP contribution in [0.2, 0.25) is 0 Å². The van der Waals surface area contributed by atoms with Crippen LogP contribution < -0.4 is 4.90 Å². The third-order valence-corrected chi connectivity index (χ3v) is 4.82. The van der Waals surface area contributed by atoms with Crippen molar-refractivity contribution in [2.45, 2.75) is 26.2 Å². The summed E-state index contributed by atoms with van der Waals surface area (Å²) in [5.74, 6) is 1.76. The van der Waals surface area contributed by atoms with Gasteiger partial charge in [0.05, 0.1) is 5.69 Å². The Morgan fingerprint density at radius 1 is 1.04 bits per heavy atom. The van der Waals surface area contributed by atoms with Crippen LogP contribution in [0.25, 0.3) is 10.8 Å². The van der Waals surface area contributed by atoms with Gasteiger partial charge in [-0.1, -0.05) is 31.2 Å².